The van der Waals surface area contributed by atoms with Crippen LogP contribution >= 0.6 is 0 Å². The smallest absolute Gasteiger partial charge is 0.306 e. The maximum atomic E-state index is 11.6. The molecule has 1 amide bonds. The Morgan fingerprint density at radius 2 is 2.11 bits per heavy atom. The Hall–Kier alpha value is -1.89. The summed E-state index contributed by atoms with van der Waals surface area (Å²) in [4.78, 5) is 24.5. The Balaban J connectivity index is 2.20. The topological polar surface area (TPSA) is 84.7 Å². The number of carbonyl (C=O) groups excluding carboxylic acids is 2. The van der Waals surface area contributed by atoms with Crippen LogP contribution in [0, 0.1) is 6.92 Å². The lowest BCUT2D eigenvalue weighted by Crippen LogP contribution is -2.26. The van der Waals surface area contributed by atoms with Gasteiger partial charge in [0.2, 0.25) is 5.91 Å². The molecule has 1 N–H and O–H groups in total. The average Bonchev–Trinajstić information content (AvgIpc) is 2.78. The number of amides is 1. The zero-order valence-electron chi connectivity index (χ0n) is 11.4. The number of hydrogen-bond acceptors (Lipinski definition) is 6. The van der Waals surface area contributed by atoms with Crippen LogP contribution in [0.15, 0.2) is 10.6 Å². The van der Waals surface area contributed by atoms with Gasteiger partial charge in [-0.2, -0.15) is 0 Å². The number of nitrogens with zero attached hydrogens (tertiary/aromatic N) is 2. The van der Waals surface area contributed by atoms with Gasteiger partial charge in [-0.1, -0.05) is 5.16 Å². The molecule has 0 spiro atoms. The van der Waals surface area contributed by atoms with Gasteiger partial charge in [0.15, 0.2) is 5.82 Å². The third-order valence-electron chi connectivity index (χ3n) is 2.54. The molecule has 1 heterocycles. The molecule has 0 aliphatic carbocycles. The van der Waals surface area contributed by atoms with E-state index in [9.17, 15) is 9.59 Å². The van der Waals surface area contributed by atoms with E-state index in [1.54, 1.807) is 13.0 Å². The number of carbonyl (C=O) groups is 2. The first kappa shape index (κ1) is 15.2. The predicted octanol–water partition coefficient (Wildman–Crippen LogP) is 0.807. The molecule has 0 saturated carbocycles. The lowest BCUT2D eigenvalue weighted by Gasteiger charge is -2.14. The summed E-state index contributed by atoms with van der Waals surface area (Å²) in [5.74, 6) is 0.665. The Labute approximate surface area is 111 Å². The van der Waals surface area contributed by atoms with Crippen molar-refractivity contribution >= 4 is 17.7 Å². The van der Waals surface area contributed by atoms with Crippen molar-refractivity contribution in [3.8, 4) is 0 Å². The number of methoxy groups -OCH3 is 1. The highest BCUT2D eigenvalue weighted by atomic mass is 16.5. The molecule has 0 bridgehead atoms. The van der Waals surface area contributed by atoms with Gasteiger partial charge in [0.25, 0.3) is 0 Å². The number of rotatable bonds is 7. The van der Waals surface area contributed by atoms with Crippen molar-refractivity contribution in [3.63, 3.8) is 0 Å². The fourth-order valence-corrected chi connectivity index (χ4v) is 1.42. The van der Waals surface area contributed by atoms with E-state index in [2.05, 4.69) is 15.2 Å². The molecule has 7 nitrogen and oxygen atoms in total. The quantitative estimate of drug-likeness (QED) is 0.737. The van der Waals surface area contributed by atoms with Gasteiger partial charge in [-0.25, -0.2) is 0 Å². The van der Waals surface area contributed by atoms with Gasteiger partial charge < -0.3 is 19.5 Å². The van der Waals surface area contributed by atoms with E-state index in [1.165, 1.54) is 7.11 Å². The van der Waals surface area contributed by atoms with Crippen LogP contribution in [0.4, 0.5) is 5.82 Å². The first-order valence-corrected chi connectivity index (χ1v) is 6.00. The van der Waals surface area contributed by atoms with Crippen LogP contribution in [0.25, 0.3) is 0 Å². The maximum absolute atomic E-state index is 11.6. The zero-order valence-corrected chi connectivity index (χ0v) is 11.4. The number of nitrogens with one attached hydrogen (secondary N) is 1. The van der Waals surface area contributed by atoms with Crippen molar-refractivity contribution in [3.05, 3.63) is 11.8 Å². The summed E-state index contributed by atoms with van der Waals surface area (Å²) in [6.45, 7) is 2.87. The molecule has 0 fully saturated rings. The van der Waals surface area contributed by atoms with E-state index < -0.39 is 0 Å². The summed E-state index contributed by atoms with van der Waals surface area (Å²) in [7, 11) is 3.20. The van der Waals surface area contributed by atoms with Crippen LogP contribution in [0.2, 0.25) is 0 Å². The van der Waals surface area contributed by atoms with Crippen LogP contribution in [0.1, 0.15) is 18.6 Å². The first-order valence-electron chi connectivity index (χ1n) is 6.00. The molecule has 0 aromatic carbocycles. The first-order chi connectivity index (χ1) is 9.01. The molecular formula is C12H19N3O4. The van der Waals surface area contributed by atoms with E-state index in [0.717, 1.165) is 0 Å². The van der Waals surface area contributed by atoms with Crippen LogP contribution in [0.3, 0.4) is 0 Å². The highest BCUT2D eigenvalue weighted by molar-refractivity contribution is 5.89. The van der Waals surface area contributed by atoms with Gasteiger partial charge in [-0.15, -0.1) is 0 Å². The van der Waals surface area contributed by atoms with Gasteiger partial charge in [0, 0.05) is 25.6 Å². The van der Waals surface area contributed by atoms with Crippen molar-refractivity contribution in [2.75, 3.05) is 32.6 Å². The summed E-state index contributed by atoms with van der Waals surface area (Å²) < 4.78 is 9.39. The fourth-order valence-electron chi connectivity index (χ4n) is 1.42. The fraction of sp³-hybridized carbons (Fsp3) is 0.583. The van der Waals surface area contributed by atoms with E-state index in [1.807, 2.05) is 11.9 Å². The summed E-state index contributed by atoms with van der Waals surface area (Å²) >= 11 is 0. The van der Waals surface area contributed by atoms with Crippen LogP contribution < -0.4 is 5.32 Å². The van der Waals surface area contributed by atoms with Gasteiger partial charge in [-0.05, 0) is 14.0 Å². The molecule has 1 aromatic rings. The molecule has 0 aliphatic rings. The van der Waals surface area contributed by atoms with Gasteiger partial charge in [-0.3, -0.25) is 9.59 Å². The maximum Gasteiger partial charge on any atom is 0.306 e. The van der Waals surface area contributed by atoms with E-state index in [4.69, 9.17) is 4.52 Å². The largest absolute Gasteiger partial charge is 0.469 e. The minimum Gasteiger partial charge on any atom is -0.469 e. The van der Waals surface area contributed by atoms with Crippen LogP contribution in [0.5, 0.6) is 0 Å². The van der Waals surface area contributed by atoms with Crippen molar-refractivity contribution < 1.29 is 18.8 Å². The second-order valence-corrected chi connectivity index (χ2v) is 4.25. The molecule has 0 atom stereocenters. The second kappa shape index (κ2) is 7.52. The molecule has 7 heteroatoms. The third-order valence-corrected chi connectivity index (χ3v) is 2.54. The van der Waals surface area contributed by atoms with E-state index in [0.29, 0.717) is 37.5 Å². The molecule has 1 aromatic heterocycles. The summed E-state index contributed by atoms with van der Waals surface area (Å²) in [5.41, 5.74) is 0. The number of ether oxygens (including phenoxy) is 1. The molecule has 106 valence electrons. The number of aryl methyl sites for hydroxylation is 1. The second-order valence-electron chi connectivity index (χ2n) is 4.25. The molecule has 0 radical (unpaired) electrons. The standard InChI is InChI=1S/C12H19N3O4/c1-9-8-10(14-19-9)13-11(16)4-6-15(2)7-5-12(17)18-3/h8H,4-7H2,1-3H3,(H,13,14,16). The average molecular weight is 269 g/mol. The molecule has 0 saturated heterocycles. The number of anilines is 1. The highest BCUT2D eigenvalue weighted by Gasteiger charge is 2.09. The molecule has 0 unspecified atom stereocenters. The summed E-state index contributed by atoms with van der Waals surface area (Å²) in [5, 5.41) is 6.30. The van der Waals surface area contributed by atoms with Crippen LogP contribution in [-0.2, 0) is 14.3 Å². The lowest BCUT2D eigenvalue weighted by atomic mass is 10.3. The Bertz CT molecular complexity index is 430. The summed E-state index contributed by atoms with van der Waals surface area (Å²) in [6, 6.07) is 1.65. The number of esters is 1. The SMILES string of the molecule is COC(=O)CCN(C)CCC(=O)Nc1cc(C)on1. The predicted molar refractivity (Wildman–Crippen MR) is 68.6 cm³/mol. The van der Waals surface area contributed by atoms with Gasteiger partial charge in [0.05, 0.1) is 13.5 Å². The van der Waals surface area contributed by atoms with Gasteiger partial charge >= 0.3 is 5.97 Å². The van der Waals surface area contributed by atoms with Crippen molar-refractivity contribution in [1.82, 2.24) is 10.1 Å². The number of hydrogen-bond donors (Lipinski definition) is 1. The normalized spacial score (nSPS) is 10.5. The molecular weight excluding hydrogens is 250 g/mol. The monoisotopic (exact) mass is 269 g/mol. The third kappa shape index (κ3) is 6.01. The highest BCUT2D eigenvalue weighted by Crippen LogP contribution is 2.07. The van der Waals surface area contributed by atoms with Crippen molar-refractivity contribution in [1.29, 1.82) is 0 Å². The lowest BCUT2D eigenvalue weighted by molar-refractivity contribution is -0.140. The number of aromatic nitrogens is 1. The van der Waals surface area contributed by atoms with E-state index >= 15 is 0 Å². The Morgan fingerprint density at radius 1 is 1.42 bits per heavy atom. The van der Waals surface area contributed by atoms with Crippen LogP contribution in [-0.4, -0.2) is 49.2 Å². The van der Waals surface area contributed by atoms with E-state index in [-0.39, 0.29) is 11.9 Å². The Kier molecular flexibility index (Phi) is 6.01. The van der Waals surface area contributed by atoms with Gasteiger partial charge in [0.1, 0.15) is 5.76 Å². The molecule has 0 aliphatic heterocycles. The molecule has 1 rings (SSSR count). The zero-order chi connectivity index (χ0) is 14.3. The minimum absolute atomic E-state index is 0.141. The Morgan fingerprint density at radius 3 is 2.68 bits per heavy atom. The van der Waals surface area contributed by atoms with Crippen molar-refractivity contribution in [2.24, 2.45) is 0 Å². The molecule has 19 heavy (non-hydrogen) atoms. The summed E-state index contributed by atoms with van der Waals surface area (Å²) in [6.07, 6.45) is 0.640. The van der Waals surface area contributed by atoms with Crippen molar-refractivity contribution in [2.45, 2.75) is 19.8 Å². The minimum atomic E-state index is -0.255.